The number of carbonyl (C=O) groups excluding carboxylic acids is 2. The highest BCUT2D eigenvalue weighted by molar-refractivity contribution is 7.47. The molecule has 0 aliphatic heterocycles. The van der Waals surface area contributed by atoms with E-state index in [0.717, 1.165) is 64.2 Å². The number of carboxylic acid groups (broad SMARTS) is 1. The van der Waals surface area contributed by atoms with Gasteiger partial charge in [0.1, 0.15) is 12.7 Å². The van der Waals surface area contributed by atoms with Crippen LogP contribution in [0.2, 0.25) is 0 Å². The van der Waals surface area contributed by atoms with E-state index in [4.69, 9.17) is 13.8 Å². The zero-order valence-electron chi connectivity index (χ0n) is 29.8. The minimum absolute atomic E-state index is 0.147. The van der Waals surface area contributed by atoms with Crippen molar-refractivity contribution in [2.45, 2.75) is 167 Å². The van der Waals surface area contributed by atoms with E-state index < -0.39 is 57.6 Å². The van der Waals surface area contributed by atoms with Gasteiger partial charge in [-0.05, 0) is 38.5 Å². The molecule has 0 fully saturated rings. The first-order chi connectivity index (χ1) is 23.1. The lowest BCUT2D eigenvalue weighted by Gasteiger charge is -2.18. The SMILES string of the molecule is CCC/C=C\C/C=C\CCCCCCCC(=O)OCC(O)COP(=O)(O)OCC(NC(=O)CCCCCCCCCCCCC)C(=O)O. The molecule has 280 valence electrons. The summed E-state index contributed by atoms with van der Waals surface area (Å²) >= 11 is 0. The topological polar surface area (TPSA) is 169 Å². The number of rotatable bonds is 34. The molecular weight excluding hydrogens is 637 g/mol. The number of amides is 1. The number of aliphatic hydroxyl groups is 1. The van der Waals surface area contributed by atoms with Crippen LogP contribution in [0.1, 0.15) is 155 Å². The van der Waals surface area contributed by atoms with Crippen molar-refractivity contribution < 1.29 is 47.8 Å². The monoisotopic (exact) mass is 703 g/mol. The number of hydrogen-bond acceptors (Lipinski definition) is 8. The zero-order chi connectivity index (χ0) is 35.7. The van der Waals surface area contributed by atoms with Crippen molar-refractivity contribution in [3.63, 3.8) is 0 Å². The van der Waals surface area contributed by atoms with Crippen molar-refractivity contribution in [2.75, 3.05) is 19.8 Å². The highest BCUT2D eigenvalue weighted by Gasteiger charge is 2.28. The summed E-state index contributed by atoms with van der Waals surface area (Å²) in [6.07, 6.45) is 29.3. The van der Waals surface area contributed by atoms with Crippen LogP contribution in [0, 0.1) is 0 Å². The van der Waals surface area contributed by atoms with Crippen LogP contribution in [0.5, 0.6) is 0 Å². The molecule has 0 spiro atoms. The molecule has 0 heterocycles. The van der Waals surface area contributed by atoms with E-state index in [-0.39, 0.29) is 12.8 Å². The summed E-state index contributed by atoms with van der Waals surface area (Å²) in [5.41, 5.74) is 0. The van der Waals surface area contributed by atoms with Gasteiger partial charge in [0.15, 0.2) is 6.04 Å². The number of carbonyl (C=O) groups is 3. The summed E-state index contributed by atoms with van der Waals surface area (Å²) in [4.78, 5) is 45.6. The van der Waals surface area contributed by atoms with Crippen molar-refractivity contribution in [1.82, 2.24) is 5.32 Å². The molecule has 3 unspecified atom stereocenters. The van der Waals surface area contributed by atoms with Gasteiger partial charge in [-0.25, -0.2) is 9.36 Å². The van der Waals surface area contributed by atoms with Crippen molar-refractivity contribution >= 4 is 25.7 Å². The lowest BCUT2D eigenvalue weighted by Crippen LogP contribution is -2.43. The molecule has 0 aromatic rings. The fourth-order valence-corrected chi connectivity index (χ4v) is 5.59. The Hall–Kier alpha value is -2.04. The number of esters is 1. The van der Waals surface area contributed by atoms with Crippen molar-refractivity contribution in [1.29, 1.82) is 0 Å². The van der Waals surface area contributed by atoms with Gasteiger partial charge in [-0.3, -0.25) is 18.6 Å². The summed E-state index contributed by atoms with van der Waals surface area (Å²) in [5, 5.41) is 21.7. The lowest BCUT2D eigenvalue weighted by molar-refractivity contribution is -0.147. The summed E-state index contributed by atoms with van der Waals surface area (Å²) in [6.45, 7) is 2.47. The molecule has 12 heteroatoms. The molecule has 0 aliphatic rings. The highest BCUT2D eigenvalue weighted by Crippen LogP contribution is 2.43. The quantitative estimate of drug-likeness (QED) is 0.0221. The number of hydrogen-bond donors (Lipinski definition) is 4. The predicted octanol–water partition coefficient (Wildman–Crippen LogP) is 8.33. The Morgan fingerprint density at radius 2 is 1.19 bits per heavy atom. The van der Waals surface area contributed by atoms with Crippen LogP contribution < -0.4 is 5.32 Å². The van der Waals surface area contributed by atoms with Gasteiger partial charge in [0.05, 0.1) is 13.2 Å². The van der Waals surface area contributed by atoms with Gasteiger partial charge in [0, 0.05) is 12.8 Å². The second-order valence-corrected chi connectivity index (χ2v) is 13.9. The number of ether oxygens (including phenoxy) is 1. The van der Waals surface area contributed by atoms with E-state index >= 15 is 0 Å². The molecule has 1 amide bonds. The lowest BCUT2D eigenvalue weighted by atomic mass is 10.1. The summed E-state index contributed by atoms with van der Waals surface area (Å²) in [5.74, 6) is -2.39. The molecule has 48 heavy (non-hydrogen) atoms. The smallest absolute Gasteiger partial charge is 0.472 e. The molecule has 4 N–H and O–H groups in total. The molecule has 0 saturated carbocycles. The Balaban J connectivity index is 4.00. The van der Waals surface area contributed by atoms with E-state index in [1.54, 1.807) is 0 Å². The predicted molar refractivity (Wildman–Crippen MR) is 189 cm³/mol. The van der Waals surface area contributed by atoms with Gasteiger partial charge < -0.3 is 25.2 Å². The molecule has 0 rings (SSSR count). The standard InChI is InChI=1S/C36H66NO10P/c1-3-5-7-9-11-13-15-16-18-20-22-24-26-28-35(40)45-29-32(38)30-46-48(43,44)47-31-33(36(41)42)37-34(39)27-25-23-21-19-17-14-12-10-8-6-4-2/h7,9,13,15,32-33,38H,3-6,8,10-12,14,16-31H2,1-2H3,(H,37,39)(H,41,42)(H,43,44)/b9-7-,15-13-. The molecule has 0 radical (unpaired) electrons. The average molecular weight is 704 g/mol. The minimum atomic E-state index is -4.75. The van der Waals surface area contributed by atoms with Crippen LogP contribution in [0.4, 0.5) is 0 Å². The molecule has 0 aliphatic carbocycles. The van der Waals surface area contributed by atoms with Crippen molar-refractivity contribution in [3.8, 4) is 0 Å². The number of allylic oxidation sites excluding steroid dienone is 4. The average Bonchev–Trinajstić information content (AvgIpc) is 3.05. The number of carboxylic acids is 1. The third-order valence-corrected chi connectivity index (χ3v) is 8.68. The first-order valence-corrected chi connectivity index (χ1v) is 19.9. The summed E-state index contributed by atoms with van der Waals surface area (Å²) in [7, 11) is -4.75. The van der Waals surface area contributed by atoms with Gasteiger partial charge in [-0.2, -0.15) is 0 Å². The van der Waals surface area contributed by atoms with Crippen molar-refractivity contribution in [2.24, 2.45) is 0 Å². The van der Waals surface area contributed by atoms with Gasteiger partial charge in [-0.1, -0.05) is 128 Å². The van der Waals surface area contributed by atoms with Crippen LogP contribution >= 0.6 is 7.82 Å². The van der Waals surface area contributed by atoms with Crippen LogP contribution in [0.25, 0.3) is 0 Å². The van der Waals surface area contributed by atoms with Crippen LogP contribution in [0.15, 0.2) is 24.3 Å². The van der Waals surface area contributed by atoms with E-state index in [9.17, 15) is 34.1 Å². The molecule has 3 atom stereocenters. The molecule has 0 aromatic carbocycles. The Kier molecular flexibility index (Phi) is 30.8. The number of aliphatic hydroxyl groups excluding tert-OH is 1. The normalized spacial score (nSPS) is 14.2. The number of aliphatic carboxylic acids is 1. The number of phosphoric ester groups is 1. The van der Waals surface area contributed by atoms with E-state index in [0.29, 0.717) is 12.8 Å². The Morgan fingerprint density at radius 3 is 1.77 bits per heavy atom. The molecular formula is C36H66NO10P. The van der Waals surface area contributed by atoms with Gasteiger partial charge in [0.2, 0.25) is 5.91 Å². The zero-order valence-corrected chi connectivity index (χ0v) is 30.7. The van der Waals surface area contributed by atoms with Crippen LogP contribution in [0.3, 0.4) is 0 Å². The first kappa shape index (κ1) is 46.0. The van der Waals surface area contributed by atoms with E-state index in [1.807, 2.05) is 0 Å². The Labute approximate surface area is 289 Å². The number of unbranched alkanes of at least 4 members (excludes halogenated alkanes) is 16. The van der Waals surface area contributed by atoms with Gasteiger partial charge >= 0.3 is 19.8 Å². The van der Waals surface area contributed by atoms with E-state index in [2.05, 4.69) is 43.5 Å². The molecule has 0 bridgehead atoms. The third kappa shape index (κ3) is 31.2. The summed E-state index contributed by atoms with van der Waals surface area (Å²) < 4.78 is 26.7. The fourth-order valence-electron chi connectivity index (χ4n) is 4.82. The summed E-state index contributed by atoms with van der Waals surface area (Å²) in [6, 6.07) is -1.54. The Morgan fingerprint density at radius 1 is 0.667 bits per heavy atom. The fraction of sp³-hybridized carbons (Fsp3) is 0.806. The maximum atomic E-state index is 12.2. The first-order valence-electron chi connectivity index (χ1n) is 18.4. The molecule has 0 saturated heterocycles. The third-order valence-electron chi connectivity index (χ3n) is 7.72. The van der Waals surface area contributed by atoms with Crippen LogP contribution in [-0.4, -0.2) is 64.9 Å². The minimum Gasteiger partial charge on any atom is -0.480 e. The highest BCUT2D eigenvalue weighted by atomic mass is 31.2. The molecule has 11 nitrogen and oxygen atoms in total. The second kappa shape index (κ2) is 32.2. The van der Waals surface area contributed by atoms with Crippen LogP contribution in [-0.2, 0) is 32.7 Å². The number of phosphoric acid groups is 1. The maximum absolute atomic E-state index is 12.2. The largest absolute Gasteiger partial charge is 0.480 e. The number of nitrogens with one attached hydrogen (secondary N) is 1. The van der Waals surface area contributed by atoms with Gasteiger partial charge in [0.25, 0.3) is 0 Å². The van der Waals surface area contributed by atoms with Crippen molar-refractivity contribution in [3.05, 3.63) is 24.3 Å². The Bertz CT molecular complexity index is 926. The van der Waals surface area contributed by atoms with E-state index in [1.165, 1.54) is 51.4 Å². The second-order valence-electron chi connectivity index (χ2n) is 12.4. The maximum Gasteiger partial charge on any atom is 0.472 e. The molecule has 0 aromatic heterocycles. The van der Waals surface area contributed by atoms with Gasteiger partial charge in [-0.15, -0.1) is 0 Å².